The van der Waals surface area contributed by atoms with Crippen molar-refractivity contribution < 1.29 is 9.90 Å². The van der Waals surface area contributed by atoms with Gasteiger partial charge in [0.2, 0.25) is 0 Å². The number of carboxylic acids is 1. The van der Waals surface area contributed by atoms with Crippen LogP contribution >= 0.6 is 0 Å². The van der Waals surface area contributed by atoms with Crippen LogP contribution in [0.25, 0.3) is 11.0 Å². The van der Waals surface area contributed by atoms with E-state index in [1.54, 1.807) is 24.7 Å². The van der Waals surface area contributed by atoms with Crippen molar-refractivity contribution in [2.75, 3.05) is 0 Å². The van der Waals surface area contributed by atoms with Gasteiger partial charge < -0.3 is 5.11 Å². The molecule has 1 N–H and O–H groups in total. The second kappa shape index (κ2) is 12.5. The van der Waals surface area contributed by atoms with Gasteiger partial charge >= 0.3 is 5.97 Å². The number of aliphatic carboxylic acids is 1. The standard InChI is InChI=1S/C17H22N2O2.C5H6N2/c20-16(21)10-6-4-2-1-3-5-9-15-12-11-14-8-7-13-18-17(14)19-15;1-5-6-3-2-4-7-5/h7-8,11-13H,1-6,9-10H2,(H,20,21);2-4H,1H3. The van der Waals surface area contributed by atoms with Crippen LogP contribution in [0.15, 0.2) is 48.9 Å². The van der Waals surface area contributed by atoms with Gasteiger partial charge in [-0.05, 0) is 56.5 Å². The number of hydrogen-bond acceptors (Lipinski definition) is 5. The number of aryl methyl sites for hydroxylation is 2. The number of aromatic nitrogens is 4. The summed E-state index contributed by atoms with van der Waals surface area (Å²) in [4.78, 5) is 26.9. The molecule has 3 aromatic heterocycles. The van der Waals surface area contributed by atoms with E-state index >= 15 is 0 Å². The molecule has 0 atom stereocenters. The highest BCUT2D eigenvalue weighted by Gasteiger charge is 2.00. The molecule has 0 aliphatic rings. The van der Waals surface area contributed by atoms with Crippen LogP contribution in [-0.2, 0) is 11.2 Å². The average molecular weight is 380 g/mol. The maximum Gasteiger partial charge on any atom is 0.303 e. The molecule has 0 unspecified atom stereocenters. The summed E-state index contributed by atoms with van der Waals surface area (Å²) < 4.78 is 0. The first-order chi connectivity index (χ1) is 13.6. The zero-order chi connectivity index (χ0) is 20.0. The van der Waals surface area contributed by atoms with Gasteiger partial charge in [-0.2, -0.15) is 0 Å². The maximum absolute atomic E-state index is 10.4. The van der Waals surface area contributed by atoms with Crippen molar-refractivity contribution in [3.8, 4) is 0 Å². The molecule has 148 valence electrons. The van der Waals surface area contributed by atoms with Crippen LogP contribution < -0.4 is 0 Å². The highest BCUT2D eigenvalue weighted by atomic mass is 16.4. The van der Waals surface area contributed by atoms with Gasteiger partial charge in [-0.25, -0.2) is 19.9 Å². The van der Waals surface area contributed by atoms with E-state index in [-0.39, 0.29) is 0 Å². The molecule has 0 amide bonds. The van der Waals surface area contributed by atoms with E-state index in [0.29, 0.717) is 6.42 Å². The molecular weight excluding hydrogens is 352 g/mol. The van der Waals surface area contributed by atoms with Crippen molar-refractivity contribution in [3.05, 3.63) is 60.4 Å². The molecule has 6 heteroatoms. The van der Waals surface area contributed by atoms with Gasteiger partial charge in [-0.3, -0.25) is 4.79 Å². The fourth-order valence-electron chi connectivity index (χ4n) is 2.79. The fourth-order valence-corrected chi connectivity index (χ4v) is 2.79. The quantitative estimate of drug-likeness (QED) is 0.538. The monoisotopic (exact) mass is 380 g/mol. The van der Waals surface area contributed by atoms with Gasteiger partial charge in [0, 0.05) is 36.1 Å². The van der Waals surface area contributed by atoms with E-state index in [4.69, 9.17) is 5.11 Å². The highest BCUT2D eigenvalue weighted by molar-refractivity contribution is 5.74. The van der Waals surface area contributed by atoms with E-state index < -0.39 is 5.97 Å². The molecule has 0 spiro atoms. The van der Waals surface area contributed by atoms with Crippen LogP contribution in [0.2, 0.25) is 0 Å². The van der Waals surface area contributed by atoms with Crippen LogP contribution in [0.1, 0.15) is 56.5 Å². The van der Waals surface area contributed by atoms with Crippen LogP contribution in [0.5, 0.6) is 0 Å². The van der Waals surface area contributed by atoms with Crippen molar-refractivity contribution in [1.82, 2.24) is 19.9 Å². The number of nitrogens with zero attached hydrogens (tertiary/aromatic N) is 4. The normalized spacial score (nSPS) is 10.3. The van der Waals surface area contributed by atoms with Gasteiger partial charge in [-0.15, -0.1) is 0 Å². The van der Waals surface area contributed by atoms with E-state index in [1.807, 2.05) is 19.1 Å². The third kappa shape index (κ3) is 8.66. The number of unbranched alkanes of at least 4 members (excludes halogenated alkanes) is 5. The third-order valence-electron chi connectivity index (χ3n) is 4.29. The van der Waals surface area contributed by atoms with Crippen molar-refractivity contribution in [2.24, 2.45) is 0 Å². The predicted molar refractivity (Wildman–Crippen MR) is 110 cm³/mol. The van der Waals surface area contributed by atoms with Gasteiger partial charge in [0.25, 0.3) is 0 Å². The number of fused-ring (bicyclic) bond motifs is 1. The Bertz CT molecular complexity index is 840. The summed E-state index contributed by atoms with van der Waals surface area (Å²) in [7, 11) is 0. The predicted octanol–water partition coefficient (Wildman–Crippen LogP) is 4.77. The Morgan fingerprint density at radius 1 is 0.857 bits per heavy atom. The van der Waals surface area contributed by atoms with Crippen LogP contribution in [0, 0.1) is 6.92 Å². The summed E-state index contributed by atoms with van der Waals surface area (Å²) in [5.74, 6) is 0.133. The minimum absolute atomic E-state index is 0.300. The van der Waals surface area contributed by atoms with Crippen molar-refractivity contribution in [3.63, 3.8) is 0 Å². The smallest absolute Gasteiger partial charge is 0.303 e. The van der Waals surface area contributed by atoms with Crippen LogP contribution in [0.4, 0.5) is 0 Å². The molecule has 3 heterocycles. The number of hydrogen-bond donors (Lipinski definition) is 1. The van der Waals surface area contributed by atoms with Crippen LogP contribution in [-0.4, -0.2) is 31.0 Å². The molecule has 0 bridgehead atoms. The lowest BCUT2D eigenvalue weighted by Crippen LogP contribution is -1.94. The molecule has 0 aliphatic carbocycles. The van der Waals surface area contributed by atoms with E-state index in [0.717, 1.165) is 54.7 Å². The lowest BCUT2D eigenvalue weighted by Gasteiger charge is -2.03. The largest absolute Gasteiger partial charge is 0.481 e. The third-order valence-corrected chi connectivity index (χ3v) is 4.29. The van der Waals surface area contributed by atoms with E-state index in [2.05, 4.69) is 32.1 Å². The minimum Gasteiger partial charge on any atom is -0.481 e. The fraction of sp³-hybridized carbons (Fsp3) is 0.409. The molecule has 0 fully saturated rings. The number of rotatable bonds is 9. The molecule has 0 saturated carbocycles. The molecule has 3 aromatic rings. The first-order valence-electron chi connectivity index (χ1n) is 9.81. The number of carbonyl (C=O) groups is 1. The Hall–Kier alpha value is -2.89. The zero-order valence-electron chi connectivity index (χ0n) is 16.4. The first-order valence-corrected chi connectivity index (χ1v) is 9.81. The Morgan fingerprint density at radius 2 is 1.54 bits per heavy atom. The second-order valence-corrected chi connectivity index (χ2v) is 6.66. The van der Waals surface area contributed by atoms with Crippen molar-refractivity contribution in [1.29, 1.82) is 0 Å². The SMILES string of the molecule is Cc1ncccn1.O=C(O)CCCCCCCCc1ccc2cccnc2n1. The summed E-state index contributed by atoms with van der Waals surface area (Å²) in [6, 6.07) is 9.91. The molecular formula is C22H28N4O2. The lowest BCUT2D eigenvalue weighted by molar-refractivity contribution is -0.137. The summed E-state index contributed by atoms with van der Waals surface area (Å²) in [5.41, 5.74) is 1.93. The number of pyridine rings is 2. The number of carboxylic acid groups (broad SMARTS) is 1. The Kier molecular flexibility index (Phi) is 9.55. The molecule has 0 saturated heterocycles. The van der Waals surface area contributed by atoms with Crippen molar-refractivity contribution in [2.45, 2.75) is 58.3 Å². The average Bonchev–Trinajstić information content (AvgIpc) is 2.71. The van der Waals surface area contributed by atoms with Gasteiger partial charge in [0.1, 0.15) is 5.82 Å². The van der Waals surface area contributed by atoms with E-state index in [9.17, 15) is 4.79 Å². The summed E-state index contributed by atoms with van der Waals surface area (Å²) in [6.45, 7) is 1.86. The lowest BCUT2D eigenvalue weighted by atomic mass is 10.1. The molecule has 28 heavy (non-hydrogen) atoms. The van der Waals surface area contributed by atoms with Crippen LogP contribution in [0.3, 0.4) is 0 Å². The summed E-state index contributed by atoms with van der Waals surface area (Å²) in [5, 5.41) is 9.63. The molecule has 0 radical (unpaired) electrons. The molecule has 3 rings (SSSR count). The molecule has 6 nitrogen and oxygen atoms in total. The molecule has 0 aromatic carbocycles. The van der Waals surface area contributed by atoms with E-state index in [1.165, 1.54) is 12.8 Å². The van der Waals surface area contributed by atoms with Gasteiger partial charge in [-0.1, -0.05) is 25.7 Å². The van der Waals surface area contributed by atoms with Crippen molar-refractivity contribution >= 4 is 17.0 Å². The Balaban J connectivity index is 0.000000336. The zero-order valence-corrected chi connectivity index (χ0v) is 16.4. The van der Waals surface area contributed by atoms with Gasteiger partial charge in [0.05, 0.1) is 0 Å². The maximum atomic E-state index is 10.4. The first kappa shape index (κ1) is 21.4. The second-order valence-electron chi connectivity index (χ2n) is 6.66. The summed E-state index contributed by atoms with van der Waals surface area (Å²) >= 11 is 0. The summed E-state index contributed by atoms with van der Waals surface area (Å²) in [6.07, 6.45) is 12.9. The highest BCUT2D eigenvalue weighted by Crippen LogP contribution is 2.13. The Morgan fingerprint density at radius 3 is 2.21 bits per heavy atom. The topological polar surface area (TPSA) is 88.9 Å². The minimum atomic E-state index is -0.689. The molecule has 0 aliphatic heterocycles. The Labute approximate surface area is 166 Å². The van der Waals surface area contributed by atoms with Gasteiger partial charge in [0.15, 0.2) is 5.65 Å².